The second-order valence-corrected chi connectivity index (χ2v) is 13.3. The van der Waals surface area contributed by atoms with Crippen molar-refractivity contribution in [2.24, 2.45) is 0 Å². The summed E-state index contributed by atoms with van der Waals surface area (Å²) in [6.07, 6.45) is 1.53. The van der Waals surface area contributed by atoms with Crippen LogP contribution in [0.15, 0.2) is 77.7 Å². The maximum atomic E-state index is 13.8. The van der Waals surface area contributed by atoms with Gasteiger partial charge in [-0.3, -0.25) is 9.69 Å². The number of carbonyl (C=O) groups excluding carboxylic acids is 1. The van der Waals surface area contributed by atoms with Crippen molar-refractivity contribution in [2.45, 2.75) is 56.7 Å². The molecule has 2 aliphatic heterocycles. The molecule has 2 heterocycles. The van der Waals surface area contributed by atoms with Gasteiger partial charge in [-0.05, 0) is 67.6 Å². The van der Waals surface area contributed by atoms with Gasteiger partial charge in [0.15, 0.2) is 0 Å². The normalized spacial score (nSPS) is 20.5. The molecule has 1 N–H and O–H groups in total. The van der Waals surface area contributed by atoms with Crippen LogP contribution in [0.5, 0.6) is 5.75 Å². The smallest absolute Gasteiger partial charge is 0.253 e. The number of benzene rings is 3. The van der Waals surface area contributed by atoms with Crippen molar-refractivity contribution in [3.05, 3.63) is 95.1 Å². The fourth-order valence-electron chi connectivity index (χ4n) is 5.47. The molecular weight excluding hydrogens is 506 g/mol. The number of nitrogens with zero attached hydrogens (tertiary/aromatic N) is 2. The molecule has 7 heteroatoms. The highest BCUT2D eigenvalue weighted by molar-refractivity contribution is 7.98. The van der Waals surface area contributed by atoms with Crippen LogP contribution in [-0.2, 0) is 22.7 Å². The van der Waals surface area contributed by atoms with Crippen LogP contribution in [0.25, 0.3) is 0 Å². The molecule has 1 fully saturated rings. The predicted octanol–water partition coefficient (Wildman–Crippen LogP) is 5.09. The highest BCUT2D eigenvalue weighted by atomic mass is 32.2. The summed E-state index contributed by atoms with van der Waals surface area (Å²) in [7, 11) is -2.77. The highest BCUT2D eigenvalue weighted by Crippen LogP contribution is 2.41. The van der Waals surface area contributed by atoms with Gasteiger partial charge in [0, 0.05) is 55.2 Å². The Morgan fingerprint density at radius 2 is 1.69 bits per heavy atom. The SMILES string of the molecule is C=S(=O)(N[C@H]1CC(C)(C)Oc2ccc(C(=O)N3CCN(Cc4ccccc4)CC3)cc21)c1ccc(CC)cc1. The summed E-state index contributed by atoms with van der Waals surface area (Å²) in [5.41, 5.74) is 3.51. The van der Waals surface area contributed by atoms with Crippen molar-refractivity contribution in [3.63, 3.8) is 0 Å². The quantitative estimate of drug-likeness (QED) is 0.420. The van der Waals surface area contributed by atoms with Gasteiger partial charge >= 0.3 is 0 Å². The zero-order valence-corrected chi connectivity index (χ0v) is 24.0. The number of ether oxygens (including phenoxy) is 1. The first kappa shape index (κ1) is 27.4. The van der Waals surface area contributed by atoms with Gasteiger partial charge in [-0.1, -0.05) is 49.4 Å². The number of hydrogen-bond donors (Lipinski definition) is 1. The van der Waals surface area contributed by atoms with Crippen LogP contribution in [0.1, 0.15) is 60.3 Å². The van der Waals surface area contributed by atoms with E-state index in [2.05, 4.69) is 46.7 Å². The maximum absolute atomic E-state index is 13.8. The van der Waals surface area contributed by atoms with Gasteiger partial charge in [0.05, 0.1) is 15.7 Å². The molecule has 0 radical (unpaired) electrons. The number of fused-ring (bicyclic) bond motifs is 1. The van der Waals surface area contributed by atoms with E-state index in [1.54, 1.807) is 0 Å². The summed E-state index contributed by atoms with van der Waals surface area (Å²) in [6, 6.07) is 23.6. The molecule has 206 valence electrons. The Morgan fingerprint density at radius 1 is 1.00 bits per heavy atom. The molecule has 0 aliphatic carbocycles. The van der Waals surface area contributed by atoms with Crippen LogP contribution in [0, 0.1) is 0 Å². The zero-order chi connectivity index (χ0) is 27.6. The summed E-state index contributed by atoms with van der Waals surface area (Å²) >= 11 is 0. The highest BCUT2D eigenvalue weighted by Gasteiger charge is 2.36. The number of carbonyl (C=O) groups is 1. The van der Waals surface area contributed by atoms with Crippen LogP contribution in [0.4, 0.5) is 0 Å². The summed E-state index contributed by atoms with van der Waals surface area (Å²) in [6.45, 7) is 10.1. The van der Waals surface area contributed by atoms with E-state index in [1.165, 1.54) is 11.1 Å². The molecule has 0 aromatic heterocycles. The van der Waals surface area contributed by atoms with Gasteiger partial charge < -0.3 is 9.64 Å². The lowest BCUT2D eigenvalue weighted by molar-refractivity contribution is 0.0625. The average Bonchev–Trinajstić information content (AvgIpc) is 2.93. The molecule has 2 aliphatic rings. The number of piperazine rings is 1. The zero-order valence-electron chi connectivity index (χ0n) is 23.2. The third-order valence-corrected chi connectivity index (χ3v) is 9.37. The number of hydrogen-bond acceptors (Lipinski definition) is 4. The van der Waals surface area contributed by atoms with Crippen molar-refractivity contribution >= 4 is 21.5 Å². The standard InChI is InChI=1S/C32H39N3O3S/c1-5-24-11-14-27(15-12-24)39(4,37)33-29-22-32(2,3)38-30-16-13-26(21-28(29)30)31(36)35-19-17-34(18-20-35)23-25-9-7-6-8-10-25/h6-16,21,29H,4-5,17-20,22-23H2,1-3H3,(H,33,37)/t29-,39?/m0/s1. The van der Waals surface area contributed by atoms with Crippen molar-refractivity contribution in [3.8, 4) is 5.75 Å². The topological polar surface area (TPSA) is 61.9 Å². The van der Waals surface area contributed by atoms with E-state index < -0.39 is 15.3 Å². The Kier molecular flexibility index (Phi) is 7.85. The van der Waals surface area contributed by atoms with E-state index >= 15 is 0 Å². The molecule has 6 nitrogen and oxygen atoms in total. The average molecular weight is 546 g/mol. The fraction of sp³-hybridized carbons (Fsp3) is 0.375. The molecule has 1 amide bonds. The van der Waals surface area contributed by atoms with Gasteiger partial charge in [-0.15, -0.1) is 0 Å². The second-order valence-electron chi connectivity index (χ2n) is 11.2. The third-order valence-electron chi connectivity index (χ3n) is 7.67. The molecule has 1 saturated heterocycles. The van der Waals surface area contributed by atoms with E-state index in [0.717, 1.165) is 31.6 Å². The van der Waals surface area contributed by atoms with Gasteiger partial charge in [-0.25, -0.2) is 8.93 Å². The predicted molar refractivity (Wildman–Crippen MR) is 159 cm³/mol. The molecule has 1 unspecified atom stereocenters. The molecule has 0 saturated carbocycles. The van der Waals surface area contributed by atoms with Gasteiger partial charge in [0.1, 0.15) is 11.4 Å². The van der Waals surface area contributed by atoms with E-state index in [1.807, 2.05) is 67.3 Å². The number of rotatable bonds is 7. The summed E-state index contributed by atoms with van der Waals surface area (Å²) in [5, 5.41) is 0. The molecule has 0 spiro atoms. The lowest BCUT2D eigenvalue weighted by Gasteiger charge is -2.39. The minimum absolute atomic E-state index is 0.0197. The molecule has 5 rings (SSSR count). The third kappa shape index (κ3) is 6.38. The molecule has 3 aromatic carbocycles. The van der Waals surface area contributed by atoms with Crippen LogP contribution in [-0.4, -0.2) is 57.6 Å². The first-order valence-corrected chi connectivity index (χ1v) is 15.5. The van der Waals surface area contributed by atoms with E-state index in [9.17, 15) is 9.00 Å². The Bertz CT molecular complexity index is 1410. The van der Waals surface area contributed by atoms with Crippen LogP contribution < -0.4 is 9.46 Å². The Labute approximate surface area is 233 Å². The van der Waals surface area contributed by atoms with Crippen molar-refractivity contribution < 1.29 is 13.7 Å². The fourth-order valence-corrected chi connectivity index (χ4v) is 6.85. The minimum Gasteiger partial charge on any atom is -0.487 e. The Balaban J connectivity index is 1.32. The number of amides is 1. The van der Waals surface area contributed by atoms with E-state index in [4.69, 9.17) is 4.74 Å². The summed E-state index contributed by atoms with van der Waals surface area (Å²) in [5.74, 6) is 4.81. The van der Waals surface area contributed by atoms with Crippen LogP contribution in [0.3, 0.4) is 0 Å². The summed E-state index contributed by atoms with van der Waals surface area (Å²) in [4.78, 5) is 18.5. The molecule has 39 heavy (non-hydrogen) atoms. The first-order valence-electron chi connectivity index (χ1n) is 13.8. The van der Waals surface area contributed by atoms with Crippen molar-refractivity contribution in [2.75, 3.05) is 26.2 Å². The molecular formula is C32H39N3O3S. The Hall–Kier alpha value is -3.13. The maximum Gasteiger partial charge on any atom is 0.253 e. The van der Waals surface area contributed by atoms with Crippen LogP contribution in [0.2, 0.25) is 0 Å². The largest absolute Gasteiger partial charge is 0.487 e. The molecule has 3 aromatic rings. The number of aryl methyl sites for hydroxylation is 1. The molecule has 0 bridgehead atoms. The second kappa shape index (κ2) is 11.2. The Morgan fingerprint density at radius 3 is 2.36 bits per heavy atom. The first-order chi connectivity index (χ1) is 18.6. The van der Waals surface area contributed by atoms with E-state index in [0.29, 0.717) is 35.7 Å². The monoisotopic (exact) mass is 545 g/mol. The van der Waals surface area contributed by atoms with Gasteiger partial charge in [-0.2, -0.15) is 0 Å². The van der Waals surface area contributed by atoms with Gasteiger partial charge in [0.25, 0.3) is 5.91 Å². The van der Waals surface area contributed by atoms with Crippen molar-refractivity contribution in [1.29, 1.82) is 0 Å². The van der Waals surface area contributed by atoms with Crippen molar-refractivity contribution in [1.82, 2.24) is 14.5 Å². The summed E-state index contributed by atoms with van der Waals surface area (Å²) < 4.78 is 23.4. The lowest BCUT2D eigenvalue weighted by atomic mass is 9.89. The van der Waals surface area contributed by atoms with Crippen LogP contribution >= 0.6 is 0 Å². The molecule has 2 atom stereocenters. The lowest BCUT2D eigenvalue weighted by Crippen LogP contribution is -2.48. The van der Waals surface area contributed by atoms with Gasteiger partial charge in [0.2, 0.25) is 0 Å². The van der Waals surface area contributed by atoms with E-state index in [-0.39, 0.29) is 11.9 Å². The number of nitrogens with one attached hydrogen (secondary N) is 1. The minimum atomic E-state index is -2.77.